The minimum Gasteiger partial charge on any atom is -0.493 e. The van der Waals surface area contributed by atoms with Crippen LogP contribution in [0.1, 0.15) is 24.1 Å². The maximum Gasteiger partial charge on any atom is 0.408 e. The lowest BCUT2D eigenvalue weighted by atomic mass is 10.2. The number of carbonyl (C=O) groups is 4. The molecule has 0 unspecified atom stereocenters. The van der Waals surface area contributed by atoms with E-state index in [4.69, 9.17) is 4.74 Å². The minimum absolute atomic E-state index is 0.00902. The summed E-state index contributed by atoms with van der Waals surface area (Å²) in [6.07, 6.45) is -0.197. The molecule has 7 N–H and O–H groups in total. The molecule has 0 saturated carbocycles. The van der Waals surface area contributed by atoms with Gasteiger partial charge in [0.2, 0.25) is 17.7 Å². The Kier molecular flexibility index (Phi) is 9.85. The first-order valence-electron chi connectivity index (χ1n) is 11.8. The Hall–Kier alpha value is -4.82. The van der Waals surface area contributed by atoms with Crippen LogP contribution in [-0.2, 0) is 38.7 Å². The van der Waals surface area contributed by atoms with E-state index < -0.39 is 48.7 Å². The number of carbonyl (C=O) groups excluding carboxylic acids is 3. The molecule has 2 heterocycles. The maximum absolute atomic E-state index is 12.3. The summed E-state index contributed by atoms with van der Waals surface area (Å²) in [5.74, 6) is -2.75. The SMILES string of the molecule is O=C(Cn1c(O)c(CCC(=O)NC2=NCCCN2)[nH]c1=O)NC[C@H](NC(=O)OCc1ccccc1)C(=O)O. The molecule has 1 aliphatic rings. The van der Waals surface area contributed by atoms with Gasteiger partial charge in [-0.2, -0.15) is 0 Å². The lowest BCUT2D eigenvalue weighted by Crippen LogP contribution is -2.49. The van der Waals surface area contributed by atoms with E-state index >= 15 is 0 Å². The number of H-pyrrole nitrogens is 1. The third kappa shape index (κ3) is 8.39. The highest BCUT2D eigenvalue weighted by atomic mass is 16.5. The summed E-state index contributed by atoms with van der Waals surface area (Å²) in [5, 5.41) is 29.7. The number of aromatic hydroxyl groups is 1. The van der Waals surface area contributed by atoms with Crippen LogP contribution in [0.5, 0.6) is 5.88 Å². The van der Waals surface area contributed by atoms with Crippen LogP contribution < -0.4 is 27.0 Å². The molecule has 1 aromatic heterocycles. The first kappa shape index (κ1) is 27.8. The fourth-order valence-corrected chi connectivity index (χ4v) is 3.40. The Morgan fingerprint density at radius 1 is 1.16 bits per heavy atom. The number of carboxylic acid groups (broad SMARTS) is 1. The minimum atomic E-state index is -1.50. The van der Waals surface area contributed by atoms with Crippen molar-refractivity contribution in [3.05, 3.63) is 52.1 Å². The van der Waals surface area contributed by atoms with Crippen molar-refractivity contribution in [2.24, 2.45) is 4.99 Å². The largest absolute Gasteiger partial charge is 0.493 e. The third-order valence-electron chi connectivity index (χ3n) is 5.39. The van der Waals surface area contributed by atoms with Crippen LogP contribution in [0.2, 0.25) is 0 Å². The Bertz CT molecular complexity index is 1240. The van der Waals surface area contributed by atoms with Crippen LogP contribution in [0, 0.1) is 0 Å². The van der Waals surface area contributed by atoms with E-state index in [0.29, 0.717) is 24.6 Å². The van der Waals surface area contributed by atoms with E-state index in [0.717, 1.165) is 11.0 Å². The van der Waals surface area contributed by atoms with Gasteiger partial charge in [0.15, 0.2) is 5.96 Å². The number of aryl methyl sites for hydroxylation is 1. The summed E-state index contributed by atoms with van der Waals surface area (Å²) in [6, 6.07) is 7.25. The van der Waals surface area contributed by atoms with Gasteiger partial charge in [-0.3, -0.25) is 24.5 Å². The predicted molar refractivity (Wildman–Crippen MR) is 132 cm³/mol. The number of ether oxygens (including phenoxy) is 1. The molecule has 0 fully saturated rings. The fourth-order valence-electron chi connectivity index (χ4n) is 3.40. The third-order valence-corrected chi connectivity index (χ3v) is 5.39. The topological polar surface area (TPSA) is 216 Å². The molecular weight excluding hydrogens is 502 g/mol. The smallest absolute Gasteiger partial charge is 0.408 e. The molecule has 0 spiro atoms. The van der Waals surface area contributed by atoms with Crippen molar-refractivity contribution in [2.45, 2.75) is 38.5 Å². The van der Waals surface area contributed by atoms with E-state index in [1.54, 1.807) is 30.3 Å². The quantitative estimate of drug-likeness (QED) is 0.185. The molecule has 204 valence electrons. The average molecular weight is 532 g/mol. The van der Waals surface area contributed by atoms with Crippen molar-refractivity contribution >= 4 is 29.8 Å². The molecule has 0 aliphatic carbocycles. The summed E-state index contributed by atoms with van der Waals surface area (Å²) in [6.45, 7) is 0.0953. The van der Waals surface area contributed by atoms with Crippen LogP contribution in [0.15, 0.2) is 40.1 Å². The van der Waals surface area contributed by atoms with E-state index in [1.165, 1.54) is 0 Å². The normalized spacial score (nSPS) is 13.4. The molecule has 0 radical (unpaired) electrons. The van der Waals surface area contributed by atoms with Gasteiger partial charge in [-0.15, -0.1) is 0 Å². The van der Waals surface area contributed by atoms with E-state index in [2.05, 4.69) is 31.2 Å². The molecule has 2 aromatic rings. The number of aliphatic imine (C=N–C) groups is 1. The van der Waals surface area contributed by atoms with Crippen molar-refractivity contribution in [3.8, 4) is 5.88 Å². The molecule has 1 atom stereocenters. The van der Waals surface area contributed by atoms with Crippen LogP contribution in [0.25, 0.3) is 0 Å². The second-order valence-electron chi connectivity index (χ2n) is 8.28. The number of benzene rings is 1. The molecule has 15 nitrogen and oxygen atoms in total. The number of aromatic nitrogens is 2. The number of hydrogen-bond donors (Lipinski definition) is 7. The Balaban J connectivity index is 1.47. The van der Waals surface area contributed by atoms with E-state index in [1.807, 2.05) is 0 Å². The molecule has 0 bridgehead atoms. The zero-order valence-corrected chi connectivity index (χ0v) is 20.4. The van der Waals surface area contributed by atoms with Crippen molar-refractivity contribution in [3.63, 3.8) is 0 Å². The number of aliphatic carboxylic acids is 1. The Labute approximate surface area is 216 Å². The van der Waals surface area contributed by atoms with Crippen LogP contribution in [0.3, 0.4) is 0 Å². The number of hydrogen-bond acceptors (Lipinski definition) is 9. The van der Waals surface area contributed by atoms with Crippen molar-refractivity contribution < 1.29 is 34.1 Å². The molecule has 1 aliphatic heterocycles. The first-order chi connectivity index (χ1) is 18.2. The molecular formula is C23H29N7O8. The second kappa shape index (κ2) is 13.5. The highest BCUT2D eigenvalue weighted by molar-refractivity contribution is 5.97. The van der Waals surface area contributed by atoms with Gasteiger partial charge >= 0.3 is 17.8 Å². The standard InChI is InChI=1S/C23H29N7O8/c31-17(29-21-24-9-4-10-25-21)8-7-15-19(33)30(22(36)27-15)12-18(32)26-11-16(20(34)35)28-23(37)38-13-14-5-2-1-3-6-14/h1-3,5-6,16,33H,4,7-13H2,(H,26,32)(H,27,36)(H,28,37)(H,34,35)(H2,24,25,29,31)/t16-/m0/s1. The number of carboxylic acids is 1. The van der Waals surface area contributed by atoms with Gasteiger partial charge in [0.05, 0.1) is 5.69 Å². The maximum atomic E-state index is 12.3. The van der Waals surface area contributed by atoms with Crippen molar-refractivity contribution in [1.82, 2.24) is 30.8 Å². The number of guanidine groups is 1. The van der Waals surface area contributed by atoms with Crippen LogP contribution >= 0.6 is 0 Å². The lowest BCUT2D eigenvalue weighted by molar-refractivity contribution is -0.139. The monoisotopic (exact) mass is 531 g/mol. The number of aromatic amines is 1. The summed E-state index contributed by atoms with van der Waals surface area (Å²) >= 11 is 0. The zero-order valence-electron chi connectivity index (χ0n) is 20.4. The average Bonchev–Trinajstić information content (AvgIpc) is 3.17. The predicted octanol–water partition coefficient (Wildman–Crippen LogP) is -1.22. The summed E-state index contributed by atoms with van der Waals surface area (Å²) in [7, 11) is 0. The molecule has 0 saturated heterocycles. The number of nitrogens with one attached hydrogen (secondary N) is 5. The first-order valence-corrected chi connectivity index (χ1v) is 11.8. The molecule has 1 aromatic carbocycles. The molecule has 15 heteroatoms. The fraction of sp³-hybridized carbons (Fsp3) is 0.391. The molecule has 3 amide bonds. The van der Waals surface area contributed by atoms with E-state index in [9.17, 15) is 34.2 Å². The van der Waals surface area contributed by atoms with Gasteiger partial charge in [0, 0.05) is 32.5 Å². The van der Waals surface area contributed by atoms with Crippen molar-refractivity contribution in [1.29, 1.82) is 0 Å². The lowest BCUT2D eigenvalue weighted by Gasteiger charge is -2.15. The highest BCUT2D eigenvalue weighted by Gasteiger charge is 2.23. The number of amides is 3. The van der Waals surface area contributed by atoms with Gasteiger partial charge in [0.1, 0.15) is 19.2 Å². The highest BCUT2D eigenvalue weighted by Crippen LogP contribution is 2.14. The second-order valence-corrected chi connectivity index (χ2v) is 8.28. The summed E-state index contributed by atoms with van der Waals surface area (Å²) in [5.41, 5.74) is -0.0262. The number of nitrogens with zero attached hydrogens (tertiary/aromatic N) is 2. The summed E-state index contributed by atoms with van der Waals surface area (Å²) < 4.78 is 5.72. The molecule has 3 rings (SSSR count). The van der Waals surface area contributed by atoms with E-state index in [-0.39, 0.29) is 31.0 Å². The van der Waals surface area contributed by atoms with Gasteiger partial charge in [-0.25, -0.2) is 14.4 Å². The van der Waals surface area contributed by atoms with Crippen molar-refractivity contribution in [2.75, 3.05) is 19.6 Å². The van der Waals surface area contributed by atoms with Gasteiger partial charge in [0.25, 0.3) is 0 Å². The molecule has 38 heavy (non-hydrogen) atoms. The van der Waals surface area contributed by atoms with Gasteiger partial charge < -0.3 is 35.9 Å². The Morgan fingerprint density at radius 3 is 2.61 bits per heavy atom. The number of imidazole rings is 1. The van der Waals surface area contributed by atoms with Crippen LogP contribution in [-0.4, -0.2) is 75.3 Å². The zero-order chi connectivity index (χ0) is 27.5. The van der Waals surface area contributed by atoms with Gasteiger partial charge in [-0.1, -0.05) is 30.3 Å². The number of rotatable bonds is 11. The summed E-state index contributed by atoms with van der Waals surface area (Å²) in [4.78, 5) is 66.6. The number of alkyl carbamates (subject to hydrolysis) is 1. The Morgan fingerprint density at radius 2 is 1.92 bits per heavy atom. The van der Waals surface area contributed by atoms with Gasteiger partial charge in [-0.05, 0) is 12.0 Å². The van der Waals surface area contributed by atoms with Crippen LogP contribution in [0.4, 0.5) is 4.79 Å².